The van der Waals surface area contributed by atoms with Crippen molar-refractivity contribution in [3.8, 4) is 0 Å². The molecule has 0 bridgehead atoms. The molecule has 1 aromatic rings. The van der Waals surface area contributed by atoms with Gasteiger partial charge in [-0.3, -0.25) is 4.79 Å². The zero-order chi connectivity index (χ0) is 17.5. The van der Waals surface area contributed by atoms with Gasteiger partial charge in [0, 0.05) is 32.6 Å². The third-order valence-corrected chi connectivity index (χ3v) is 3.64. The van der Waals surface area contributed by atoms with E-state index in [2.05, 4.69) is 20.4 Å². The van der Waals surface area contributed by atoms with Gasteiger partial charge in [0.15, 0.2) is 11.6 Å². The quantitative estimate of drug-likeness (QED) is 0.882. The van der Waals surface area contributed by atoms with E-state index in [9.17, 15) is 9.59 Å². The van der Waals surface area contributed by atoms with Crippen LogP contribution in [0, 0.1) is 5.92 Å². The Morgan fingerprint density at radius 2 is 1.92 bits per heavy atom. The lowest BCUT2D eigenvalue weighted by molar-refractivity contribution is -0.116. The normalized spacial score (nSPS) is 14.7. The Morgan fingerprint density at radius 3 is 2.46 bits per heavy atom. The van der Waals surface area contributed by atoms with Crippen LogP contribution in [-0.4, -0.2) is 59.9 Å². The highest BCUT2D eigenvalue weighted by Gasteiger charge is 2.22. The minimum absolute atomic E-state index is 0.0601. The summed E-state index contributed by atoms with van der Waals surface area (Å²) >= 11 is 0. The summed E-state index contributed by atoms with van der Waals surface area (Å²) in [5, 5.41) is 11.0. The summed E-state index contributed by atoms with van der Waals surface area (Å²) in [7, 11) is 0. The van der Waals surface area contributed by atoms with Crippen molar-refractivity contribution in [3.63, 3.8) is 0 Å². The number of hydrogen-bond donors (Lipinski definition) is 1. The van der Waals surface area contributed by atoms with Gasteiger partial charge in [-0.2, -0.15) is 0 Å². The number of nitrogens with zero attached hydrogens (tertiary/aromatic N) is 4. The SMILES string of the molecule is CCOC(=O)N1CCN(c2ccc(NC(=O)CC(C)C)nn2)CC1. The molecule has 8 nitrogen and oxygen atoms in total. The van der Waals surface area contributed by atoms with Crippen molar-refractivity contribution in [2.45, 2.75) is 27.2 Å². The second-order valence-corrected chi connectivity index (χ2v) is 6.10. The third-order valence-electron chi connectivity index (χ3n) is 3.64. The molecule has 1 N–H and O–H groups in total. The van der Waals surface area contributed by atoms with E-state index < -0.39 is 0 Å². The number of carbonyl (C=O) groups excluding carboxylic acids is 2. The number of hydrogen-bond acceptors (Lipinski definition) is 6. The zero-order valence-electron chi connectivity index (χ0n) is 14.5. The number of piperazine rings is 1. The molecule has 0 atom stereocenters. The Morgan fingerprint density at radius 1 is 1.21 bits per heavy atom. The standard InChI is InChI=1S/C16H25N5O3/c1-4-24-16(23)21-9-7-20(8-10-21)14-6-5-13(18-19-14)17-15(22)11-12(2)3/h5-6,12H,4,7-11H2,1-3H3,(H,17,18,22). The minimum Gasteiger partial charge on any atom is -0.450 e. The van der Waals surface area contributed by atoms with E-state index >= 15 is 0 Å². The lowest BCUT2D eigenvalue weighted by atomic mass is 10.1. The van der Waals surface area contributed by atoms with E-state index in [1.807, 2.05) is 19.9 Å². The molecule has 1 aliphatic rings. The Bertz CT molecular complexity index is 553. The molecule has 8 heteroatoms. The molecule has 0 saturated carbocycles. The fraction of sp³-hybridized carbons (Fsp3) is 0.625. The maximum absolute atomic E-state index is 11.7. The Labute approximate surface area is 142 Å². The summed E-state index contributed by atoms with van der Waals surface area (Å²) in [5.74, 6) is 1.43. The molecule has 2 heterocycles. The molecule has 24 heavy (non-hydrogen) atoms. The molecule has 0 spiro atoms. The summed E-state index contributed by atoms with van der Waals surface area (Å²) in [6.07, 6.45) is 0.186. The van der Waals surface area contributed by atoms with Gasteiger partial charge in [-0.05, 0) is 25.0 Å². The van der Waals surface area contributed by atoms with Gasteiger partial charge in [-0.1, -0.05) is 13.8 Å². The smallest absolute Gasteiger partial charge is 0.409 e. The molecule has 2 rings (SSSR count). The predicted molar refractivity (Wildman–Crippen MR) is 90.9 cm³/mol. The molecule has 2 amide bonds. The fourth-order valence-electron chi connectivity index (χ4n) is 2.46. The number of amides is 2. The first-order chi connectivity index (χ1) is 11.5. The number of anilines is 2. The topological polar surface area (TPSA) is 87.7 Å². The number of aromatic nitrogens is 2. The van der Waals surface area contributed by atoms with Crippen molar-refractivity contribution >= 4 is 23.6 Å². The van der Waals surface area contributed by atoms with Crippen LogP contribution in [0.1, 0.15) is 27.2 Å². The van der Waals surface area contributed by atoms with Crippen molar-refractivity contribution in [3.05, 3.63) is 12.1 Å². The van der Waals surface area contributed by atoms with E-state index in [4.69, 9.17) is 4.74 Å². The van der Waals surface area contributed by atoms with E-state index in [-0.39, 0.29) is 12.0 Å². The largest absolute Gasteiger partial charge is 0.450 e. The summed E-state index contributed by atoms with van der Waals surface area (Å²) in [6, 6.07) is 3.58. The Kier molecular flexibility index (Phi) is 6.34. The molecule has 1 aliphatic heterocycles. The van der Waals surface area contributed by atoms with Crippen LogP contribution in [0.15, 0.2) is 12.1 Å². The van der Waals surface area contributed by atoms with Gasteiger partial charge in [-0.25, -0.2) is 4.79 Å². The molecule has 1 aromatic heterocycles. The third kappa shape index (κ3) is 5.07. The molecule has 0 aromatic carbocycles. The van der Waals surface area contributed by atoms with E-state index in [0.29, 0.717) is 50.9 Å². The Balaban J connectivity index is 1.86. The van der Waals surface area contributed by atoms with Gasteiger partial charge in [0.25, 0.3) is 0 Å². The highest BCUT2D eigenvalue weighted by Crippen LogP contribution is 2.15. The average molecular weight is 335 g/mol. The first kappa shape index (κ1) is 18.0. The fourth-order valence-corrected chi connectivity index (χ4v) is 2.46. The second kappa shape index (κ2) is 8.47. The van der Waals surface area contributed by atoms with Crippen LogP contribution in [0.4, 0.5) is 16.4 Å². The van der Waals surface area contributed by atoms with Crippen LogP contribution < -0.4 is 10.2 Å². The van der Waals surface area contributed by atoms with Gasteiger partial charge in [0.1, 0.15) is 0 Å². The molecule has 132 valence electrons. The summed E-state index contributed by atoms with van der Waals surface area (Å²) in [6.45, 7) is 8.69. The molecule has 0 unspecified atom stereocenters. The van der Waals surface area contributed by atoms with Crippen molar-refractivity contribution in [2.24, 2.45) is 5.92 Å². The van der Waals surface area contributed by atoms with Crippen molar-refractivity contribution in [1.82, 2.24) is 15.1 Å². The van der Waals surface area contributed by atoms with E-state index in [0.717, 1.165) is 5.82 Å². The van der Waals surface area contributed by atoms with Gasteiger partial charge in [0.05, 0.1) is 6.61 Å². The zero-order valence-corrected chi connectivity index (χ0v) is 14.5. The number of ether oxygens (including phenoxy) is 1. The molecule has 0 radical (unpaired) electrons. The van der Waals surface area contributed by atoms with Gasteiger partial charge >= 0.3 is 6.09 Å². The lowest BCUT2D eigenvalue weighted by Gasteiger charge is -2.34. The molecule has 0 aliphatic carbocycles. The maximum atomic E-state index is 11.7. The van der Waals surface area contributed by atoms with Crippen molar-refractivity contribution in [2.75, 3.05) is 43.0 Å². The number of nitrogens with one attached hydrogen (secondary N) is 1. The van der Waals surface area contributed by atoms with Crippen molar-refractivity contribution in [1.29, 1.82) is 0 Å². The molecule has 1 fully saturated rings. The van der Waals surface area contributed by atoms with Crippen molar-refractivity contribution < 1.29 is 14.3 Å². The number of rotatable bonds is 5. The first-order valence-electron chi connectivity index (χ1n) is 8.29. The van der Waals surface area contributed by atoms with Crippen LogP contribution in [0.5, 0.6) is 0 Å². The second-order valence-electron chi connectivity index (χ2n) is 6.10. The highest BCUT2D eigenvalue weighted by atomic mass is 16.6. The lowest BCUT2D eigenvalue weighted by Crippen LogP contribution is -2.49. The summed E-state index contributed by atoms with van der Waals surface area (Å²) in [5.41, 5.74) is 0. The molecule has 1 saturated heterocycles. The maximum Gasteiger partial charge on any atom is 0.409 e. The monoisotopic (exact) mass is 335 g/mol. The van der Waals surface area contributed by atoms with Gasteiger partial charge in [0.2, 0.25) is 5.91 Å². The van der Waals surface area contributed by atoms with Crippen LogP contribution in [-0.2, 0) is 9.53 Å². The number of carbonyl (C=O) groups is 2. The summed E-state index contributed by atoms with van der Waals surface area (Å²) < 4.78 is 5.00. The van der Waals surface area contributed by atoms with Gasteiger partial charge < -0.3 is 19.9 Å². The molecular formula is C16H25N5O3. The minimum atomic E-state index is -0.272. The molecular weight excluding hydrogens is 310 g/mol. The van der Waals surface area contributed by atoms with Crippen LogP contribution in [0.25, 0.3) is 0 Å². The van der Waals surface area contributed by atoms with Crippen LogP contribution >= 0.6 is 0 Å². The predicted octanol–water partition coefficient (Wildman–Crippen LogP) is 1.74. The summed E-state index contributed by atoms with van der Waals surface area (Å²) in [4.78, 5) is 27.2. The van der Waals surface area contributed by atoms with E-state index in [1.54, 1.807) is 17.9 Å². The average Bonchev–Trinajstić information content (AvgIpc) is 2.55. The Hall–Kier alpha value is -2.38. The highest BCUT2D eigenvalue weighted by molar-refractivity contribution is 5.89. The van der Waals surface area contributed by atoms with Crippen LogP contribution in [0.3, 0.4) is 0 Å². The van der Waals surface area contributed by atoms with E-state index in [1.165, 1.54) is 0 Å². The van der Waals surface area contributed by atoms with Gasteiger partial charge in [-0.15, -0.1) is 10.2 Å². The first-order valence-corrected chi connectivity index (χ1v) is 8.29. The van der Waals surface area contributed by atoms with Crippen LogP contribution in [0.2, 0.25) is 0 Å².